The molecule has 0 radical (unpaired) electrons. The first-order valence-corrected chi connectivity index (χ1v) is 6.64. The summed E-state index contributed by atoms with van der Waals surface area (Å²) in [5.41, 5.74) is 0.897. The summed E-state index contributed by atoms with van der Waals surface area (Å²) < 4.78 is 0. The first-order valence-electron chi connectivity index (χ1n) is 5.88. The normalized spacial score (nSPS) is 12.3. The van der Waals surface area contributed by atoms with E-state index < -0.39 is 0 Å². The molecule has 1 atom stereocenters. The second-order valence-electron chi connectivity index (χ2n) is 4.13. The van der Waals surface area contributed by atoms with Crippen molar-refractivity contribution < 1.29 is 4.79 Å². The molecule has 0 spiro atoms. The van der Waals surface area contributed by atoms with Gasteiger partial charge in [-0.25, -0.2) is 0 Å². The number of carbonyl (C=O) groups is 1. The van der Waals surface area contributed by atoms with Crippen LogP contribution in [0.4, 0.5) is 0 Å². The highest BCUT2D eigenvalue weighted by Crippen LogP contribution is 2.28. The van der Waals surface area contributed by atoms with Gasteiger partial charge >= 0.3 is 0 Å². The van der Waals surface area contributed by atoms with Crippen molar-refractivity contribution in [3.8, 4) is 0 Å². The Kier molecular flexibility index (Phi) is 5.93. The SMILES string of the molecule is CCNCC(=O)N(C)C(C)c1ccc(Cl)cc1Cl. The van der Waals surface area contributed by atoms with Crippen molar-refractivity contribution in [3.63, 3.8) is 0 Å². The molecule has 1 amide bonds. The van der Waals surface area contributed by atoms with Crippen LogP contribution in [0.5, 0.6) is 0 Å². The van der Waals surface area contributed by atoms with Crippen LogP contribution in [0.25, 0.3) is 0 Å². The maximum atomic E-state index is 11.9. The van der Waals surface area contributed by atoms with Gasteiger partial charge in [-0.05, 0) is 31.2 Å². The summed E-state index contributed by atoms with van der Waals surface area (Å²) in [6.45, 7) is 5.02. The van der Waals surface area contributed by atoms with Crippen molar-refractivity contribution in [2.24, 2.45) is 0 Å². The van der Waals surface area contributed by atoms with Crippen LogP contribution in [-0.2, 0) is 4.79 Å². The fourth-order valence-corrected chi connectivity index (χ4v) is 2.19. The van der Waals surface area contributed by atoms with Crippen LogP contribution in [0.1, 0.15) is 25.5 Å². The smallest absolute Gasteiger partial charge is 0.236 e. The summed E-state index contributed by atoms with van der Waals surface area (Å²) >= 11 is 12.0. The molecule has 0 aliphatic heterocycles. The van der Waals surface area contributed by atoms with Crippen LogP contribution in [0, 0.1) is 0 Å². The van der Waals surface area contributed by atoms with Gasteiger partial charge in [0.25, 0.3) is 0 Å². The molecule has 0 fully saturated rings. The van der Waals surface area contributed by atoms with Crippen LogP contribution in [-0.4, -0.2) is 30.9 Å². The lowest BCUT2D eigenvalue weighted by Gasteiger charge is -2.26. The van der Waals surface area contributed by atoms with Crippen molar-refractivity contribution in [1.29, 1.82) is 0 Å². The van der Waals surface area contributed by atoms with Gasteiger partial charge in [0, 0.05) is 17.1 Å². The van der Waals surface area contributed by atoms with E-state index in [-0.39, 0.29) is 11.9 Å². The van der Waals surface area contributed by atoms with E-state index in [1.54, 1.807) is 24.1 Å². The van der Waals surface area contributed by atoms with Gasteiger partial charge in [-0.15, -0.1) is 0 Å². The number of amides is 1. The molecule has 1 unspecified atom stereocenters. The molecule has 1 rings (SSSR count). The lowest BCUT2D eigenvalue weighted by atomic mass is 10.1. The summed E-state index contributed by atoms with van der Waals surface area (Å²) in [7, 11) is 1.77. The van der Waals surface area contributed by atoms with Crippen molar-refractivity contribution >= 4 is 29.1 Å². The average molecular weight is 289 g/mol. The molecule has 0 aliphatic rings. The van der Waals surface area contributed by atoms with Crippen LogP contribution < -0.4 is 5.32 Å². The molecule has 0 saturated carbocycles. The molecule has 1 aromatic carbocycles. The number of likely N-dealkylation sites (N-methyl/N-ethyl adjacent to an activating group) is 2. The lowest BCUT2D eigenvalue weighted by molar-refractivity contribution is -0.130. The third kappa shape index (κ3) is 3.87. The van der Waals surface area contributed by atoms with Crippen molar-refractivity contribution in [1.82, 2.24) is 10.2 Å². The third-order valence-corrected chi connectivity index (χ3v) is 3.48. The molecular weight excluding hydrogens is 271 g/mol. The molecule has 1 N–H and O–H groups in total. The minimum absolute atomic E-state index is 0.0374. The standard InChI is InChI=1S/C13H18Cl2N2O/c1-4-16-8-13(18)17(3)9(2)11-6-5-10(14)7-12(11)15/h5-7,9,16H,4,8H2,1-3H3. The van der Waals surface area contributed by atoms with Crippen LogP contribution in [0.2, 0.25) is 10.0 Å². The number of carbonyl (C=O) groups excluding carboxylic acids is 1. The second kappa shape index (κ2) is 6.98. The number of rotatable bonds is 5. The number of hydrogen-bond acceptors (Lipinski definition) is 2. The van der Waals surface area contributed by atoms with Gasteiger partial charge in [0.15, 0.2) is 0 Å². The Morgan fingerprint density at radius 1 is 1.44 bits per heavy atom. The number of halogens is 2. The van der Waals surface area contributed by atoms with Gasteiger partial charge in [0.1, 0.15) is 0 Å². The Morgan fingerprint density at radius 2 is 2.11 bits per heavy atom. The Labute approximate surface area is 118 Å². The fraction of sp³-hybridized carbons (Fsp3) is 0.462. The summed E-state index contributed by atoms with van der Waals surface area (Å²) in [5.74, 6) is 0.0374. The molecule has 0 bridgehead atoms. The molecule has 18 heavy (non-hydrogen) atoms. The Morgan fingerprint density at radius 3 is 2.67 bits per heavy atom. The Balaban J connectivity index is 2.79. The van der Waals surface area contributed by atoms with Crippen molar-refractivity contribution in [2.75, 3.05) is 20.1 Å². The number of hydrogen-bond donors (Lipinski definition) is 1. The highest BCUT2D eigenvalue weighted by atomic mass is 35.5. The van der Waals surface area contributed by atoms with E-state index in [0.29, 0.717) is 16.6 Å². The van der Waals surface area contributed by atoms with E-state index in [1.165, 1.54) is 0 Å². The molecule has 3 nitrogen and oxygen atoms in total. The van der Waals surface area contributed by atoms with E-state index in [4.69, 9.17) is 23.2 Å². The van der Waals surface area contributed by atoms with E-state index in [1.807, 2.05) is 19.9 Å². The average Bonchev–Trinajstić information content (AvgIpc) is 2.34. The van der Waals surface area contributed by atoms with Crippen molar-refractivity contribution in [2.45, 2.75) is 19.9 Å². The number of benzene rings is 1. The predicted molar refractivity (Wildman–Crippen MR) is 76.2 cm³/mol. The van der Waals surface area contributed by atoms with E-state index >= 15 is 0 Å². The molecule has 1 aromatic rings. The van der Waals surface area contributed by atoms with Gasteiger partial charge in [0.2, 0.25) is 5.91 Å². The van der Waals surface area contributed by atoms with E-state index in [9.17, 15) is 4.79 Å². The maximum absolute atomic E-state index is 11.9. The fourth-order valence-electron chi connectivity index (χ4n) is 1.62. The minimum Gasteiger partial charge on any atom is -0.338 e. The number of nitrogens with zero attached hydrogens (tertiary/aromatic N) is 1. The second-order valence-corrected chi connectivity index (χ2v) is 4.97. The monoisotopic (exact) mass is 288 g/mol. The summed E-state index contributed by atoms with van der Waals surface area (Å²) in [6, 6.07) is 5.24. The maximum Gasteiger partial charge on any atom is 0.236 e. The van der Waals surface area contributed by atoms with Crippen LogP contribution in [0.15, 0.2) is 18.2 Å². The Bertz CT molecular complexity index is 423. The van der Waals surface area contributed by atoms with E-state index in [0.717, 1.165) is 12.1 Å². The van der Waals surface area contributed by atoms with Crippen molar-refractivity contribution in [3.05, 3.63) is 33.8 Å². The first-order chi connectivity index (χ1) is 8.47. The van der Waals surface area contributed by atoms with Crippen LogP contribution in [0.3, 0.4) is 0 Å². The lowest BCUT2D eigenvalue weighted by Crippen LogP contribution is -2.37. The quantitative estimate of drug-likeness (QED) is 0.903. The summed E-state index contributed by atoms with van der Waals surface area (Å²) in [5, 5.41) is 4.19. The topological polar surface area (TPSA) is 32.3 Å². The molecule has 0 saturated heterocycles. The van der Waals surface area contributed by atoms with Gasteiger partial charge in [0.05, 0.1) is 12.6 Å². The third-order valence-electron chi connectivity index (χ3n) is 2.91. The summed E-state index contributed by atoms with van der Waals surface area (Å²) in [4.78, 5) is 13.6. The Hall–Kier alpha value is -0.770. The zero-order valence-electron chi connectivity index (χ0n) is 10.8. The zero-order valence-corrected chi connectivity index (χ0v) is 12.3. The van der Waals surface area contributed by atoms with Gasteiger partial charge in [-0.3, -0.25) is 4.79 Å². The molecule has 100 valence electrons. The number of nitrogens with one attached hydrogen (secondary N) is 1. The largest absolute Gasteiger partial charge is 0.338 e. The minimum atomic E-state index is -0.0825. The van der Waals surface area contributed by atoms with Crippen LogP contribution >= 0.6 is 23.2 Å². The molecule has 0 heterocycles. The first kappa shape index (κ1) is 15.3. The molecular formula is C13H18Cl2N2O. The molecule has 0 aromatic heterocycles. The molecule has 5 heteroatoms. The van der Waals surface area contributed by atoms with Gasteiger partial charge < -0.3 is 10.2 Å². The molecule has 0 aliphatic carbocycles. The zero-order chi connectivity index (χ0) is 13.7. The predicted octanol–water partition coefficient (Wildman–Crippen LogP) is 3.12. The highest BCUT2D eigenvalue weighted by molar-refractivity contribution is 6.35. The van der Waals surface area contributed by atoms with Gasteiger partial charge in [-0.1, -0.05) is 36.2 Å². The summed E-state index contributed by atoms with van der Waals surface area (Å²) in [6.07, 6.45) is 0. The van der Waals surface area contributed by atoms with E-state index in [2.05, 4.69) is 5.32 Å². The van der Waals surface area contributed by atoms with Gasteiger partial charge in [-0.2, -0.15) is 0 Å². The highest BCUT2D eigenvalue weighted by Gasteiger charge is 2.19.